The van der Waals surface area contributed by atoms with Gasteiger partial charge in [0.1, 0.15) is 17.2 Å². The van der Waals surface area contributed by atoms with E-state index in [4.69, 9.17) is 20.5 Å². The highest BCUT2D eigenvalue weighted by Crippen LogP contribution is 2.63. The Morgan fingerprint density at radius 1 is 0.655 bits per heavy atom. The lowest BCUT2D eigenvalue weighted by molar-refractivity contribution is -0.108. The fourth-order valence-corrected chi connectivity index (χ4v) is 14.0. The van der Waals surface area contributed by atoms with E-state index in [1.165, 1.54) is 37.1 Å². The van der Waals surface area contributed by atoms with Gasteiger partial charge in [0.05, 0.1) is 52.6 Å². The zero-order valence-corrected chi connectivity index (χ0v) is 50.8. The molecule has 2 aromatic heterocycles. The van der Waals surface area contributed by atoms with E-state index >= 15 is 0 Å². The summed E-state index contributed by atoms with van der Waals surface area (Å²) in [5.41, 5.74) is 11.0. The van der Waals surface area contributed by atoms with Crippen LogP contribution in [0.3, 0.4) is 0 Å². The number of rotatable bonds is 11. The number of halogens is 3. The number of likely N-dealkylation sites (tertiary alicyclic amines) is 2. The van der Waals surface area contributed by atoms with Crippen LogP contribution >= 0.6 is 12.4 Å². The zero-order valence-electron chi connectivity index (χ0n) is 49.9. The normalized spacial score (nSPS) is 25.2. The van der Waals surface area contributed by atoms with Crippen molar-refractivity contribution in [2.24, 2.45) is 62.1 Å². The largest absolute Gasteiger partial charge is 0.444 e. The van der Waals surface area contributed by atoms with Crippen LogP contribution in [-0.2, 0) is 30.7 Å². The van der Waals surface area contributed by atoms with Crippen LogP contribution in [-0.4, -0.2) is 103 Å². The molecule has 2 unspecified atom stereocenters. The minimum absolute atomic E-state index is 0. The van der Waals surface area contributed by atoms with Gasteiger partial charge in [-0.25, -0.2) is 33.5 Å². The monoisotopic (exact) mass is 1170 g/mol. The first kappa shape index (κ1) is 60.2. The molecule has 0 radical (unpaired) electrons. The van der Waals surface area contributed by atoms with Crippen molar-refractivity contribution in [2.45, 2.75) is 144 Å². The number of nitrogens with zero attached hydrogens (tertiary/aromatic N) is 8. The number of nitrogens with two attached hydrogens (primary N) is 1. The number of carbonyl (C=O) groups excluding carboxylic acids is 1. The lowest BCUT2D eigenvalue weighted by atomic mass is 9.45. The lowest BCUT2D eigenvalue weighted by Crippen LogP contribution is -2.63. The van der Waals surface area contributed by atoms with Crippen molar-refractivity contribution >= 4 is 63.6 Å². The Balaban J connectivity index is 0.000000187. The summed E-state index contributed by atoms with van der Waals surface area (Å²) in [6.45, 7) is 23.6. The van der Waals surface area contributed by atoms with Gasteiger partial charge in [-0.15, -0.1) is 12.4 Å². The summed E-state index contributed by atoms with van der Waals surface area (Å²) in [6, 6.07) is 24.6. The number of anilines is 2. The van der Waals surface area contributed by atoms with Crippen LogP contribution in [0.4, 0.5) is 25.0 Å². The Morgan fingerprint density at radius 3 is 1.45 bits per heavy atom. The van der Waals surface area contributed by atoms with Gasteiger partial charge in [0, 0.05) is 56.7 Å². The van der Waals surface area contributed by atoms with Gasteiger partial charge in [-0.2, -0.15) is 0 Å². The van der Waals surface area contributed by atoms with Gasteiger partial charge in [0.25, 0.3) is 11.1 Å². The number of carbonyl (C=O) groups is 1. The van der Waals surface area contributed by atoms with Crippen molar-refractivity contribution in [2.75, 3.05) is 36.8 Å². The summed E-state index contributed by atoms with van der Waals surface area (Å²) < 4.78 is 35.1. The fourth-order valence-electron chi connectivity index (χ4n) is 14.0. The molecular weight excluding hydrogens is 1090 g/mol. The van der Waals surface area contributed by atoms with Crippen LogP contribution in [0.2, 0.25) is 0 Å². The molecule has 448 valence electrons. The number of amides is 1. The first-order valence-corrected chi connectivity index (χ1v) is 29.9. The maximum absolute atomic E-state index is 13.3. The number of benzene rings is 4. The zero-order chi connectivity index (χ0) is 58.7. The number of hydrogen-bond donors (Lipinski definition) is 4. The molecule has 8 aliphatic rings. The Hall–Kier alpha value is -6.92. The van der Waals surface area contributed by atoms with Crippen LogP contribution in [0.1, 0.15) is 99.1 Å². The fraction of sp³-hybridized carbons (Fsp3) is 0.523. The van der Waals surface area contributed by atoms with E-state index < -0.39 is 11.7 Å². The van der Waals surface area contributed by atoms with Crippen LogP contribution in [0.5, 0.6) is 0 Å². The molecule has 2 saturated heterocycles. The summed E-state index contributed by atoms with van der Waals surface area (Å²) in [5, 5.41) is 11.2. The average molecular weight is 1170 g/mol. The van der Waals surface area contributed by atoms with E-state index in [0.717, 1.165) is 72.2 Å². The molecule has 5 N–H and O–H groups in total. The van der Waals surface area contributed by atoms with Crippen molar-refractivity contribution in [3.05, 3.63) is 141 Å². The molecule has 6 aromatic rings. The third kappa shape index (κ3) is 12.7. The van der Waals surface area contributed by atoms with Crippen molar-refractivity contribution in [1.82, 2.24) is 34.2 Å². The molecule has 6 saturated carbocycles. The molecule has 8 atom stereocenters. The molecule has 84 heavy (non-hydrogen) atoms. The highest BCUT2D eigenvalue weighted by Gasteiger charge is 2.57. The predicted molar refractivity (Wildman–Crippen MR) is 332 cm³/mol. The number of ether oxygens (including phenoxy) is 1. The maximum Gasteiger partial charge on any atom is 0.407 e. The van der Waals surface area contributed by atoms with E-state index in [1.54, 1.807) is 46.1 Å². The number of nitrogens with one attached hydrogen (secondary N) is 3. The first-order valence-electron chi connectivity index (χ1n) is 29.9. The Morgan fingerprint density at radius 2 is 1.07 bits per heavy atom. The van der Waals surface area contributed by atoms with Crippen molar-refractivity contribution in [3.63, 3.8) is 0 Å². The Kier molecular flexibility index (Phi) is 17.1. The molecular formula is C65H83ClF2N12O4. The molecule has 14 rings (SSSR count). The van der Waals surface area contributed by atoms with Crippen LogP contribution in [0.15, 0.2) is 117 Å². The molecule has 19 heteroatoms. The standard InChI is InChI=1S/C35H45FN6O3.C30H37FN6O.ClH/c1-21-28-15-23(35(28,5)6)16-29(21)40-32(42-18-26(19-42)39-33(44)45-34(2,3)4)38-25-11-12-27-30(17-25)37-20-41(31(27)43)14-13-22-7-9-24(36)10-8-22;1-18-25-12-20(30(25,2)3)13-26(18)35-29(37-15-22(32)16-37)34-23-8-9-24-27(14-23)33-17-36(28(24)38)11-10-19-4-6-21(31)7-5-19;/h7-12,17,20-21,23,26,28-29H,13-16,18-19H2,1-6H3,(H,38,40)(H,39,44);4-9,14,17-18,20,22,25-26H,10-13,15-16,32H2,1-3H3,(H,34,35);1H/t21-,23+,28-,29?;18-,20+,25-,26?;/m00./s1. The molecule has 4 heterocycles. The molecule has 4 bridgehead atoms. The van der Waals surface area contributed by atoms with E-state index in [-0.39, 0.29) is 53.3 Å². The van der Waals surface area contributed by atoms with Gasteiger partial charge >= 0.3 is 6.09 Å². The SMILES string of the molecule is C[C@@H]1C(N=C(Nc2ccc3c(=O)n(CCc4ccc(F)cc4)cnc3c2)N2CC(N)C2)C[C@H]2C[C@@H]1C2(C)C.C[C@@H]1C(N=C(Nc2ccc3c(=O)n(CCc4ccc(F)cc4)cnc3c2)N2CC(NC(=O)OC(C)(C)C)C2)C[C@H]2C[C@@H]1C2(C)C.Cl. The van der Waals surface area contributed by atoms with Crippen LogP contribution < -0.4 is 32.8 Å². The first-order chi connectivity index (χ1) is 39.4. The number of guanidine groups is 2. The quantitative estimate of drug-likeness (QED) is 0.0714. The number of fused-ring (bicyclic) bond motifs is 6. The summed E-state index contributed by atoms with van der Waals surface area (Å²) in [7, 11) is 0. The van der Waals surface area contributed by atoms with E-state index in [1.807, 2.05) is 57.2 Å². The van der Waals surface area contributed by atoms with Gasteiger partial charge in [-0.3, -0.25) is 18.7 Å². The summed E-state index contributed by atoms with van der Waals surface area (Å²) in [4.78, 5) is 62.8. The Labute approximate surface area is 497 Å². The van der Waals surface area contributed by atoms with Gasteiger partial charge in [0.2, 0.25) is 0 Å². The van der Waals surface area contributed by atoms with E-state index in [9.17, 15) is 23.2 Å². The minimum atomic E-state index is -0.552. The van der Waals surface area contributed by atoms with Gasteiger partial charge in [0.15, 0.2) is 11.9 Å². The molecule has 1 amide bonds. The summed E-state index contributed by atoms with van der Waals surface area (Å²) in [5.74, 6) is 4.95. The second kappa shape index (κ2) is 23.9. The van der Waals surface area contributed by atoms with Gasteiger partial charge < -0.3 is 36.2 Å². The molecule has 2 aliphatic heterocycles. The highest BCUT2D eigenvalue weighted by atomic mass is 35.5. The molecule has 4 aromatic carbocycles. The van der Waals surface area contributed by atoms with Crippen molar-refractivity contribution < 1.29 is 18.3 Å². The van der Waals surface area contributed by atoms with Crippen LogP contribution in [0, 0.1) is 58.0 Å². The van der Waals surface area contributed by atoms with Gasteiger partial charge in [-0.1, -0.05) is 65.8 Å². The third-order valence-electron chi connectivity index (χ3n) is 19.6. The van der Waals surface area contributed by atoms with Crippen molar-refractivity contribution in [1.29, 1.82) is 0 Å². The highest BCUT2D eigenvalue weighted by molar-refractivity contribution is 5.97. The lowest BCUT2D eigenvalue weighted by Gasteiger charge is -2.61. The second-order valence-electron chi connectivity index (χ2n) is 26.8. The molecule has 0 spiro atoms. The topological polar surface area (TPSA) is 189 Å². The number of aliphatic imine (C=N–C) groups is 2. The van der Waals surface area contributed by atoms with Gasteiger partial charge in [-0.05, 0) is 177 Å². The minimum Gasteiger partial charge on any atom is -0.444 e. The third-order valence-corrected chi connectivity index (χ3v) is 19.6. The second-order valence-corrected chi connectivity index (χ2v) is 26.8. The van der Waals surface area contributed by atoms with E-state index in [0.29, 0.717) is 101 Å². The molecule has 8 fully saturated rings. The Bertz CT molecular complexity index is 3550. The predicted octanol–water partition coefficient (Wildman–Crippen LogP) is 10.5. The summed E-state index contributed by atoms with van der Waals surface area (Å²) >= 11 is 0. The number of aryl methyl sites for hydroxylation is 4. The maximum atomic E-state index is 13.3. The average Bonchev–Trinajstić information content (AvgIpc) is 0.912. The number of alkyl carbamates (subject to hydrolysis) is 1. The molecule has 6 aliphatic carbocycles. The van der Waals surface area contributed by atoms with E-state index in [2.05, 4.69) is 77.3 Å². The molecule has 16 nitrogen and oxygen atoms in total. The smallest absolute Gasteiger partial charge is 0.407 e. The summed E-state index contributed by atoms with van der Waals surface area (Å²) in [6.07, 6.45) is 8.81. The number of hydrogen-bond acceptors (Lipinski definition) is 9. The number of aromatic nitrogens is 4. The van der Waals surface area contributed by atoms with Crippen molar-refractivity contribution in [3.8, 4) is 0 Å². The van der Waals surface area contributed by atoms with Crippen LogP contribution in [0.25, 0.3) is 21.8 Å².